The molecule has 0 saturated carbocycles. The summed E-state index contributed by atoms with van der Waals surface area (Å²) < 4.78 is 30.6. The molecule has 1 aromatic carbocycles. The van der Waals surface area contributed by atoms with Crippen molar-refractivity contribution >= 4 is 15.7 Å². The third-order valence-corrected chi connectivity index (χ3v) is 5.12. The summed E-state index contributed by atoms with van der Waals surface area (Å²) in [6, 6.07) is 9.04. The van der Waals surface area contributed by atoms with Crippen LogP contribution in [-0.2, 0) is 21.2 Å². The lowest BCUT2D eigenvalue weighted by molar-refractivity contribution is -0.128. The number of pyridine rings is 1. The van der Waals surface area contributed by atoms with E-state index in [-0.39, 0.29) is 23.1 Å². The van der Waals surface area contributed by atoms with E-state index in [0.717, 1.165) is 0 Å². The van der Waals surface area contributed by atoms with E-state index >= 15 is 0 Å². The average Bonchev–Trinajstić information content (AvgIpc) is 2.69. The molecule has 8 nitrogen and oxygen atoms in total. The standard InChI is InChI=1S/C18H19N3O5S/c1-2-3-10-26-15-5-7-16(8-6-15)27(24,25)18-9-4-14(12-20-18)11-19-13-17(22)21-23/h4-9,12,19,23H,10-11,13H2,1H3,(H,21,22). The molecule has 1 aromatic heterocycles. The van der Waals surface area contributed by atoms with Crippen molar-refractivity contribution in [2.24, 2.45) is 0 Å². The Bertz CT molecular complexity index is 930. The highest BCUT2D eigenvalue weighted by atomic mass is 32.2. The predicted octanol–water partition coefficient (Wildman–Crippen LogP) is 0.911. The largest absolute Gasteiger partial charge is 0.481 e. The van der Waals surface area contributed by atoms with Crippen LogP contribution in [0.15, 0.2) is 52.5 Å². The highest BCUT2D eigenvalue weighted by Gasteiger charge is 2.19. The second kappa shape index (κ2) is 9.68. The molecule has 1 amide bonds. The minimum Gasteiger partial charge on any atom is -0.481 e. The number of nitrogens with zero attached hydrogens (tertiary/aromatic N) is 1. The van der Waals surface area contributed by atoms with Gasteiger partial charge in [-0.3, -0.25) is 10.0 Å². The first kappa shape index (κ1) is 20.4. The van der Waals surface area contributed by atoms with Gasteiger partial charge in [-0.2, -0.15) is 0 Å². The SMILES string of the molecule is CC#CCOc1ccc(S(=O)(=O)c2ccc(CNCC(=O)NO)cn2)cc1. The number of sulfone groups is 1. The van der Waals surface area contributed by atoms with Gasteiger partial charge in [0.1, 0.15) is 12.4 Å². The van der Waals surface area contributed by atoms with Crippen LogP contribution < -0.4 is 15.5 Å². The molecule has 142 valence electrons. The third-order valence-electron chi connectivity index (χ3n) is 3.43. The summed E-state index contributed by atoms with van der Waals surface area (Å²) in [6.07, 6.45) is 1.41. The van der Waals surface area contributed by atoms with Gasteiger partial charge in [0.25, 0.3) is 5.91 Å². The topological polar surface area (TPSA) is 118 Å². The van der Waals surface area contributed by atoms with Crippen LogP contribution in [0.2, 0.25) is 0 Å². The Hall–Kier alpha value is -2.93. The number of hydrogen-bond acceptors (Lipinski definition) is 7. The molecule has 2 aromatic rings. The Morgan fingerprint density at radius 1 is 1.22 bits per heavy atom. The van der Waals surface area contributed by atoms with Crippen molar-refractivity contribution in [3.63, 3.8) is 0 Å². The van der Waals surface area contributed by atoms with Crippen molar-refractivity contribution in [3.05, 3.63) is 48.2 Å². The maximum absolute atomic E-state index is 12.6. The van der Waals surface area contributed by atoms with Crippen LogP contribution in [0.25, 0.3) is 0 Å². The number of ether oxygens (including phenoxy) is 1. The number of amides is 1. The summed E-state index contributed by atoms with van der Waals surface area (Å²) in [5, 5.41) is 11.1. The molecule has 0 spiro atoms. The quantitative estimate of drug-likeness (QED) is 0.349. The monoisotopic (exact) mass is 389 g/mol. The van der Waals surface area contributed by atoms with E-state index in [0.29, 0.717) is 17.9 Å². The molecule has 0 aliphatic carbocycles. The van der Waals surface area contributed by atoms with Gasteiger partial charge in [0.05, 0.1) is 11.4 Å². The number of nitrogens with one attached hydrogen (secondary N) is 2. The lowest BCUT2D eigenvalue weighted by Gasteiger charge is -2.07. The fourth-order valence-electron chi connectivity index (χ4n) is 2.06. The molecular formula is C18H19N3O5S. The predicted molar refractivity (Wildman–Crippen MR) is 96.7 cm³/mol. The van der Waals surface area contributed by atoms with Crippen LogP contribution in [-0.4, -0.2) is 37.7 Å². The lowest BCUT2D eigenvalue weighted by Crippen LogP contribution is -2.31. The maximum Gasteiger partial charge on any atom is 0.257 e. The van der Waals surface area contributed by atoms with Gasteiger partial charge in [0, 0.05) is 12.7 Å². The molecular weight excluding hydrogens is 370 g/mol. The van der Waals surface area contributed by atoms with Crippen molar-refractivity contribution in [2.45, 2.75) is 23.4 Å². The van der Waals surface area contributed by atoms with Crippen molar-refractivity contribution < 1.29 is 23.2 Å². The van der Waals surface area contributed by atoms with Crippen LogP contribution >= 0.6 is 0 Å². The van der Waals surface area contributed by atoms with Crippen molar-refractivity contribution in [2.75, 3.05) is 13.2 Å². The van der Waals surface area contributed by atoms with Gasteiger partial charge >= 0.3 is 0 Å². The van der Waals surface area contributed by atoms with Gasteiger partial charge in [-0.15, -0.1) is 5.92 Å². The summed E-state index contributed by atoms with van der Waals surface area (Å²) in [6.45, 7) is 2.17. The Morgan fingerprint density at radius 2 is 1.96 bits per heavy atom. The second-order valence-corrected chi connectivity index (χ2v) is 7.23. The van der Waals surface area contributed by atoms with Crippen LogP contribution in [0.5, 0.6) is 5.75 Å². The van der Waals surface area contributed by atoms with Gasteiger partial charge in [0.2, 0.25) is 9.84 Å². The molecule has 0 aliphatic rings. The molecule has 27 heavy (non-hydrogen) atoms. The number of rotatable bonds is 8. The van der Waals surface area contributed by atoms with Gasteiger partial charge in [0.15, 0.2) is 5.03 Å². The first-order valence-electron chi connectivity index (χ1n) is 7.93. The average molecular weight is 389 g/mol. The van der Waals surface area contributed by atoms with Crippen LogP contribution in [0, 0.1) is 11.8 Å². The van der Waals surface area contributed by atoms with Gasteiger partial charge in [-0.25, -0.2) is 18.9 Å². The van der Waals surface area contributed by atoms with E-state index in [1.165, 1.54) is 29.9 Å². The van der Waals surface area contributed by atoms with Crippen molar-refractivity contribution in [1.29, 1.82) is 0 Å². The maximum atomic E-state index is 12.6. The van der Waals surface area contributed by atoms with Crippen molar-refractivity contribution in [3.8, 4) is 17.6 Å². The summed E-state index contributed by atoms with van der Waals surface area (Å²) >= 11 is 0. The first-order chi connectivity index (χ1) is 13.0. The second-order valence-electron chi connectivity index (χ2n) is 5.33. The zero-order chi connectivity index (χ0) is 19.7. The van der Waals surface area contributed by atoms with Crippen molar-refractivity contribution in [1.82, 2.24) is 15.8 Å². The fraction of sp³-hybridized carbons (Fsp3) is 0.222. The zero-order valence-corrected chi connectivity index (χ0v) is 15.4. The fourth-order valence-corrected chi connectivity index (χ4v) is 3.24. The number of hydroxylamine groups is 1. The summed E-state index contributed by atoms with van der Waals surface area (Å²) in [4.78, 5) is 15.0. The highest BCUT2D eigenvalue weighted by Crippen LogP contribution is 2.22. The molecule has 0 unspecified atom stereocenters. The zero-order valence-electron chi connectivity index (χ0n) is 14.6. The summed E-state index contributed by atoms with van der Waals surface area (Å²) in [5.74, 6) is 5.42. The molecule has 0 aliphatic heterocycles. The third kappa shape index (κ3) is 5.79. The van der Waals surface area contributed by atoms with E-state index < -0.39 is 15.7 Å². The van der Waals surface area contributed by atoms with E-state index in [9.17, 15) is 13.2 Å². The minimum absolute atomic E-state index is 0.0746. The van der Waals surface area contributed by atoms with Crippen LogP contribution in [0.3, 0.4) is 0 Å². The number of benzene rings is 1. The molecule has 0 atom stereocenters. The van der Waals surface area contributed by atoms with Gasteiger partial charge < -0.3 is 10.1 Å². The van der Waals surface area contributed by atoms with E-state index in [4.69, 9.17) is 9.94 Å². The molecule has 0 bridgehead atoms. The Balaban J connectivity index is 2.05. The molecule has 0 saturated heterocycles. The Kier molecular flexibility index (Phi) is 7.31. The normalized spacial score (nSPS) is 10.6. The molecule has 2 rings (SSSR count). The summed E-state index contributed by atoms with van der Waals surface area (Å²) in [7, 11) is -3.75. The molecule has 0 radical (unpaired) electrons. The number of hydrogen-bond donors (Lipinski definition) is 3. The molecule has 0 fully saturated rings. The number of aromatic nitrogens is 1. The molecule has 1 heterocycles. The van der Waals surface area contributed by atoms with Crippen LogP contribution in [0.1, 0.15) is 12.5 Å². The lowest BCUT2D eigenvalue weighted by atomic mass is 10.3. The highest BCUT2D eigenvalue weighted by molar-refractivity contribution is 7.91. The van der Waals surface area contributed by atoms with E-state index in [2.05, 4.69) is 22.1 Å². The molecule has 9 heteroatoms. The van der Waals surface area contributed by atoms with E-state index in [1.807, 2.05) is 0 Å². The van der Waals surface area contributed by atoms with Gasteiger partial charge in [-0.1, -0.05) is 12.0 Å². The van der Waals surface area contributed by atoms with Crippen LogP contribution in [0.4, 0.5) is 0 Å². The minimum atomic E-state index is -3.75. The molecule has 3 N–H and O–H groups in total. The Labute approximate surface area is 157 Å². The smallest absolute Gasteiger partial charge is 0.257 e. The first-order valence-corrected chi connectivity index (χ1v) is 9.42. The Morgan fingerprint density at radius 3 is 2.56 bits per heavy atom. The summed E-state index contributed by atoms with van der Waals surface area (Å²) in [5.41, 5.74) is 2.20. The number of carbonyl (C=O) groups excluding carboxylic acids is 1. The van der Waals surface area contributed by atoms with Gasteiger partial charge in [-0.05, 0) is 42.8 Å². The number of carbonyl (C=O) groups is 1. The van der Waals surface area contributed by atoms with E-state index in [1.54, 1.807) is 25.1 Å².